The van der Waals surface area contributed by atoms with Gasteiger partial charge < -0.3 is 14.2 Å². The van der Waals surface area contributed by atoms with E-state index < -0.39 is 8.16 Å². The molecule has 126 valence electrons. The van der Waals surface area contributed by atoms with Gasteiger partial charge in [-0.1, -0.05) is 6.07 Å². The molecule has 0 N–H and O–H groups in total. The van der Waals surface area contributed by atoms with Gasteiger partial charge in [-0.25, -0.2) is 4.57 Å². The van der Waals surface area contributed by atoms with Gasteiger partial charge in [0.05, 0.1) is 0 Å². The zero-order valence-electron chi connectivity index (χ0n) is 11.4. The van der Waals surface area contributed by atoms with E-state index in [0.29, 0.717) is 6.79 Å². The van der Waals surface area contributed by atoms with Crippen molar-refractivity contribution in [3.05, 3.63) is 30.6 Å². The Hall–Kier alpha value is -0.920. The second-order valence-electron chi connectivity index (χ2n) is 3.77. The number of unbranched alkanes of at least 4 members (excludes halogenated alkanes) is 1. The Morgan fingerprint density at radius 1 is 0.952 bits per heavy atom. The van der Waals surface area contributed by atoms with Crippen LogP contribution in [0.2, 0.25) is 0 Å². The molecule has 1 aromatic heterocycles. The molecule has 10 heteroatoms. The number of hydrogen-bond donors (Lipinski definition) is 0. The van der Waals surface area contributed by atoms with Crippen LogP contribution in [-0.4, -0.2) is 20.5 Å². The van der Waals surface area contributed by atoms with Crippen molar-refractivity contribution in [2.75, 3.05) is 20.5 Å². The molecule has 0 aliphatic rings. The number of halogens is 6. The molecule has 0 saturated carbocycles. The number of aromatic nitrogens is 1. The van der Waals surface area contributed by atoms with Crippen LogP contribution in [-0.2, 0) is 16.0 Å². The SMILES string of the molecule is COCOCCCC[n+]1ccccc1.FP(F)(F)(F)F.[F-]. The van der Waals surface area contributed by atoms with Crippen molar-refractivity contribution >= 4 is 8.16 Å². The standard InChI is InChI=1S/C11H18NO2.F5P.FH/c1-13-11-14-10-6-5-9-12-7-3-2-4-8-12;1-6(2,3,4)5;/h2-4,7-8H,5-6,9-11H2,1H3;;1H/q+1;;/p-1. The Kier molecular flexibility index (Phi) is 11.5. The normalized spacial score (nSPS) is 12.4. The smallest absolute Gasteiger partial charge is 1.00 e. The average Bonchev–Trinajstić information content (AvgIpc) is 2.32. The first-order valence-corrected chi connectivity index (χ1v) is 7.48. The molecule has 0 amide bonds. The predicted octanol–water partition coefficient (Wildman–Crippen LogP) is 1.34. The summed E-state index contributed by atoms with van der Waals surface area (Å²) in [6.45, 7) is 2.23. The first-order chi connectivity index (χ1) is 9.17. The average molecular weight is 341 g/mol. The van der Waals surface area contributed by atoms with Crippen LogP contribution in [0.3, 0.4) is 0 Å². The van der Waals surface area contributed by atoms with Crippen LogP contribution in [0, 0.1) is 0 Å². The van der Waals surface area contributed by atoms with Gasteiger partial charge in [-0.15, -0.1) is 0 Å². The van der Waals surface area contributed by atoms with E-state index in [1.165, 1.54) is 0 Å². The molecule has 21 heavy (non-hydrogen) atoms. The van der Waals surface area contributed by atoms with Crippen molar-refractivity contribution < 1.29 is 39.7 Å². The molecule has 1 aromatic rings. The predicted molar refractivity (Wildman–Crippen MR) is 66.2 cm³/mol. The fourth-order valence-corrected chi connectivity index (χ4v) is 1.22. The number of rotatable bonds is 7. The topological polar surface area (TPSA) is 22.3 Å². The van der Waals surface area contributed by atoms with Crippen LogP contribution < -0.4 is 9.27 Å². The minimum atomic E-state index is -8.55. The fraction of sp³-hybridized carbons (Fsp3) is 0.545. The van der Waals surface area contributed by atoms with Gasteiger partial charge in [0.2, 0.25) is 0 Å². The molecule has 0 atom stereocenters. The van der Waals surface area contributed by atoms with E-state index in [4.69, 9.17) is 9.47 Å². The van der Waals surface area contributed by atoms with Crippen molar-refractivity contribution in [3.8, 4) is 0 Å². The van der Waals surface area contributed by atoms with Crippen LogP contribution in [0.1, 0.15) is 12.8 Å². The summed E-state index contributed by atoms with van der Waals surface area (Å²) < 4.78 is 61.3. The molecule has 0 unspecified atom stereocenters. The molecule has 0 aromatic carbocycles. The second kappa shape index (κ2) is 10.8. The quantitative estimate of drug-likeness (QED) is 0.246. The fourth-order valence-electron chi connectivity index (χ4n) is 1.22. The van der Waals surface area contributed by atoms with Gasteiger partial charge in [-0.05, 0) is 6.42 Å². The molecule has 0 aliphatic carbocycles. The van der Waals surface area contributed by atoms with Crippen LogP contribution in [0.5, 0.6) is 0 Å². The zero-order chi connectivity index (χ0) is 15.5. The summed E-state index contributed by atoms with van der Waals surface area (Å²) in [6, 6.07) is 6.11. The van der Waals surface area contributed by atoms with Gasteiger partial charge in [0.25, 0.3) is 0 Å². The Labute approximate surface area is 119 Å². The molecule has 0 radical (unpaired) electrons. The van der Waals surface area contributed by atoms with Crippen molar-refractivity contribution in [2.45, 2.75) is 19.4 Å². The van der Waals surface area contributed by atoms with Gasteiger partial charge in [-0.3, -0.25) is 0 Å². The summed E-state index contributed by atoms with van der Waals surface area (Å²) in [5, 5.41) is 0. The molecule has 1 rings (SSSR count). The minimum Gasteiger partial charge on any atom is -1.00 e. The van der Waals surface area contributed by atoms with Crippen molar-refractivity contribution in [3.63, 3.8) is 0 Å². The minimum absolute atomic E-state index is 0. The Balaban J connectivity index is 0. The van der Waals surface area contributed by atoms with Gasteiger partial charge >= 0.3 is 29.1 Å². The van der Waals surface area contributed by atoms with Crippen LogP contribution >= 0.6 is 8.16 Å². The summed E-state index contributed by atoms with van der Waals surface area (Å²) in [7, 11) is -6.91. The van der Waals surface area contributed by atoms with E-state index in [1.54, 1.807) is 7.11 Å². The van der Waals surface area contributed by atoms with Crippen LogP contribution in [0.15, 0.2) is 30.6 Å². The van der Waals surface area contributed by atoms with E-state index in [9.17, 15) is 21.0 Å². The Morgan fingerprint density at radius 3 is 1.95 bits per heavy atom. The first kappa shape index (κ1) is 22.4. The third kappa shape index (κ3) is 24.5. The van der Waals surface area contributed by atoms with E-state index in [2.05, 4.69) is 17.0 Å². The van der Waals surface area contributed by atoms with Gasteiger partial charge in [0.1, 0.15) is 13.3 Å². The molecule has 1 heterocycles. The Morgan fingerprint density at radius 2 is 1.48 bits per heavy atom. The maximum absolute atomic E-state index is 9.84. The van der Waals surface area contributed by atoms with Crippen molar-refractivity contribution in [1.29, 1.82) is 0 Å². The molecule has 0 saturated heterocycles. The number of aryl methyl sites for hydroxylation is 1. The van der Waals surface area contributed by atoms with E-state index in [-0.39, 0.29) is 4.70 Å². The second-order valence-corrected chi connectivity index (χ2v) is 5.05. The summed E-state index contributed by atoms with van der Waals surface area (Å²) in [6.07, 6.45) is 6.37. The van der Waals surface area contributed by atoms with Gasteiger partial charge in [0.15, 0.2) is 12.4 Å². The first-order valence-electron chi connectivity index (χ1n) is 5.79. The molecule has 0 aliphatic heterocycles. The summed E-state index contributed by atoms with van der Waals surface area (Å²) >= 11 is 0. The Bertz CT molecular complexity index is 344. The number of ether oxygens (including phenoxy) is 2. The zero-order valence-corrected chi connectivity index (χ0v) is 12.3. The van der Waals surface area contributed by atoms with E-state index in [1.807, 2.05) is 18.2 Å². The van der Waals surface area contributed by atoms with Crippen molar-refractivity contribution in [2.24, 2.45) is 0 Å². The van der Waals surface area contributed by atoms with E-state index in [0.717, 1.165) is 26.0 Å². The molecule has 0 fully saturated rings. The monoisotopic (exact) mass is 341 g/mol. The third-order valence-corrected chi connectivity index (χ3v) is 1.93. The third-order valence-electron chi connectivity index (χ3n) is 1.93. The number of methoxy groups -OCH3 is 1. The maximum atomic E-state index is 9.84. The summed E-state index contributed by atoms with van der Waals surface area (Å²) in [4.78, 5) is 0. The van der Waals surface area contributed by atoms with Crippen LogP contribution in [0.25, 0.3) is 0 Å². The van der Waals surface area contributed by atoms with Crippen molar-refractivity contribution in [1.82, 2.24) is 0 Å². The summed E-state index contributed by atoms with van der Waals surface area (Å²) in [5.74, 6) is 0. The number of pyridine rings is 1. The van der Waals surface area contributed by atoms with Crippen LogP contribution in [0.4, 0.5) is 21.0 Å². The molecular formula is C11H18F6NO2P. The van der Waals surface area contributed by atoms with E-state index >= 15 is 0 Å². The largest absolute Gasteiger partial charge is 1.00 e. The van der Waals surface area contributed by atoms with Gasteiger partial charge in [-0.2, -0.15) is 0 Å². The molecule has 0 bridgehead atoms. The molecular weight excluding hydrogens is 323 g/mol. The van der Waals surface area contributed by atoms with Gasteiger partial charge in [0, 0.05) is 32.3 Å². The number of hydrogen-bond acceptors (Lipinski definition) is 2. The molecule has 3 nitrogen and oxygen atoms in total. The molecule has 0 spiro atoms. The maximum Gasteiger partial charge on any atom is -1.00 e. The number of nitrogens with zero attached hydrogens (tertiary/aromatic N) is 1. The summed E-state index contributed by atoms with van der Waals surface area (Å²) in [5.41, 5.74) is 0.